The van der Waals surface area contributed by atoms with Gasteiger partial charge in [0.2, 0.25) is 0 Å². The Bertz CT molecular complexity index is 605. The summed E-state index contributed by atoms with van der Waals surface area (Å²) in [5.41, 5.74) is 0. The summed E-state index contributed by atoms with van der Waals surface area (Å²) in [7, 11) is 0. The Morgan fingerprint density at radius 3 is 1.97 bits per heavy atom. The summed E-state index contributed by atoms with van der Waals surface area (Å²) in [4.78, 5) is 10.4. The van der Waals surface area contributed by atoms with E-state index in [0.29, 0.717) is 25.7 Å². The molecule has 0 radical (unpaired) electrons. The summed E-state index contributed by atoms with van der Waals surface area (Å²) in [6.45, 7) is 0.447. The smallest absolute Gasteiger partial charge is 0.187 e. The maximum absolute atomic E-state index is 10.6. The van der Waals surface area contributed by atoms with Crippen molar-refractivity contribution in [1.82, 2.24) is 0 Å². The van der Waals surface area contributed by atoms with E-state index in [-0.39, 0.29) is 6.42 Å². The van der Waals surface area contributed by atoms with Gasteiger partial charge in [0.15, 0.2) is 12.6 Å². The molecular formula is C21H37O13-. The van der Waals surface area contributed by atoms with Crippen LogP contribution in [-0.2, 0) is 23.7 Å². The number of ether oxygens (including phenoxy) is 4. The first-order chi connectivity index (χ1) is 16.1. The Morgan fingerprint density at radius 1 is 0.824 bits per heavy atom. The third-order valence-electron chi connectivity index (χ3n) is 6.07. The first-order valence-electron chi connectivity index (χ1n) is 11.5. The molecule has 0 aromatic heterocycles. The van der Waals surface area contributed by atoms with Crippen molar-refractivity contribution in [1.29, 1.82) is 0 Å². The molecule has 0 aromatic carbocycles. The number of aliphatic hydroxyl groups excluding tert-OH is 7. The number of rotatable bonds is 13. The molecule has 0 aliphatic carbocycles. The SMILES string of the molecule is CC(CCCCCCC(=O)[O-])OC1OC(CO)C(O)C(O)C1OC1OC(CO)C(O)C(O)C1O. The summed E-state index contributed by atoms with van der Waals surface area (Å²) in [5.74, 6) is -1.09. The van der Waals surface area contributed by atoms with Crippen LogP contribution in [-0.4, -0.2) is 122 Å². The van der Waals surface area contributed by atoms with E-state index >= 15 is 0 Å². The summed E-state index contributed by atoms with van der Waals surface area (Å²) >= 11 is 0. The number of carboxylic acids is 1. The molecule has 2 fully saturated rings. The first kappa shape index (κ1) is 29.3. The molecule has 0 aromatic rings. The quantitative estimate of drug-likeness (QED) is 0.121. The molecule has 34 heavy (non-hydrogen) atoms. The fraction of sp³-hybridized carbons (Fsp3) is 0.952. The van der Waals surface area contributed by atoms with Crippen LogP contribution in [0.4, 0.5) is 0 Å². The van der Waals surface area contributed by atoms with E-state index < -0.39 is 86.7 Å². The molecule has 0 spiro atoms. The van der Waals surface area contributed by atoms with Gasteiger partial charge in [-0.3, -0.25) is 0 Å². The van der Waals surface area contributed by atoms with Crippen molar-refractivity contribution in [3.05, 3.63) is 0 Å². The van der Waals surface area contributed by atoms with Crippen LogP contribution in [0.1, 0.15) is 45.4 Å². The zero-order valence-corrected chi connectivity index (χ0v) is 19.1. The second-order valence-electron chi connectivity index (χ2n) is 8.78. The lowest BCUT2D eigenvalue weighted by Crippen LogP contribution is -2.64. The van der Waals surface area contributed by atoms with Crippen LogP contribution in [0.15, 0.2) is 0 Å². The van der Waals surface area contributed by atoms with E-state index in [1.165, 1.54) is 0 Å². The van der Waals surface area contributed by atoms with E-state index in [2.05, 4.69) is 0 Å². The van der Waals surface area contributed by atoms with Gasteiger partial charge in [-0.25, -0.2) is 0 Å². The normalized spacial score (nSPS) is 39.6. The second-order valence-corrected chi connectivity index (χ2v) is 8.78. The molecule has 13 heteroatoms. The zero-order chi connectivity index (χ0) is 25.4. The molecule has 0 bridgehead atoms. The van der Waals surface area contributed by atoms with E-state index in [1.54, 1.807) is 6.92 Å². The minimum absolute atomic E-state index is 0.00169. The van der Waals surface area contributed by atoms with Gasteiger partial charge in [0, 0.05) is 5.97 Å². The zero-order valence-electron chi connectivity index (χ0n) is 19.1. The van der Waals surface area contributed by atoms with Gasteiger partial charge in [-0.1, -0.05) is 19.3 Å². The van der Waals surface area contributed by atoms with E-state index in [4.69, 9.17) is 18.9 Å². The molecule has 13 nitrogen and oxygen atoms in total. The van der Waals surface area contributed by atoms with Crippen molar-refractivity contribution < 1.29 is 64.6 Å². The Labute approximate surface area is 197 Å². The summed E-state index contributed by atoms with van der Waals surface area (Å²) in [6, 6.07) is 0. The maximum Gasteiger partial charge on any atom is 0.187 e. The number of carbonyl (C=O) groups is 1. The number of aliphatic hydroxyl groups is 7. The molecule has 11 atom stereocenters. The van der Waals surface area contributed by atoms with Crippen molar-refractivity contribution in [2.75, 3.05) is 13.2 Å². The largest absolute Gasteiger partial charge is 0.550 e. The number of hydrogen-bond donors (Lipinski definition) is 7. The Balaban J connectivity index is 2.00. The molecule has 2 saturated heterocycles. The Hall–Kier alpha value is -0.970. The van der Waals surface area contributed by atoms with Crippen LogP contribution in [0.5, 0.6) is 0 Å². The predicted molar refractivity (Wildman–Crippen MR) is 110 cm³/mol. The molecular weight excluding hydrogens is 460 g/mol. The summed E-state index contributed by atoms with van der Waals surface area (Å²) in [5, 5.41) is 80.3. The summed E-state index contributed by atoms with van der Waals surface area (Å²) < 4.78 is 22.3. The number of aliphatic carboxylic acids is 1. The van der Waals surface area contributed by atoms with E-state index in [1.807, 2.05) is 0 Å². The number of carboxylic acid groups (broad SMARTS) is 1. The predicted octanol–water partition coefficient (Wildman–Crippen LogP) is -3.89. The molecule has 2 rings (SSSR count). The van der Waals surface area contributed by atoms with Crippen molar-refractivity contribution in [3.63, 3.8) is 0 Å². The first-order valence-corrected chi connectivity index (χ1v) is 11.5. The van der Waals surface area contributed by atoms with Crippen molar-refractivity contribution in [2.45, 2.75) is 113 Å². The molecule has 2 aliphatic rings. The third kappa shape index (κ3) is 7.77. The van der Waals surface area contributed by atoms with Gasteiger partial charge >= 0.3 is 0 Å². The molecule has 7 N–H and O–H groups in total. The van der Waals surface area contributed by atoms with Crippen LogP contribution >= 0.6 is 0 Å². The van der Waals surface area contributed by atoms with Crippen molar-refractivity contribution in [2.24, 2.45) is 0 Å². The molecule has 11 unspecified atom stereocenters. The average Bonchev–Trinajstić information content (AvgIpc) is 2.80. The second kappa shape index (κ2) is 13.9. The molecule has 0 saturated carbocycles. The van der Waals surface area contributed by atoms with E-state index in [9.17, 15) is 45.6 Å². The minimum Gasteiger partial charge on any atom is -0.550 e. The average molecular weight is 498 g/mol. The van der Waals surface area contributed by atoms with Gasteiger partial charge in [-0.15, -0.1) is 0 Å². The fourth-order valence-electron chi connectivity index (χ4n) is 4.00. The third-order valence-corrected chi connectivity index (χ3v) is 6.07. The fourth-order valence-corrected chi connectivity index (χ4v) is 4.00. The highest BCUT2D eigenvalue weighted by Gasteiger charge is 2.51. The lowest BCUT2D eigenvalue weighted by molar-refractivity contribution is -0.371. The number of hydrogen-bond acceptors (Lipinski definition) is 13. The topological polar surface area (TPSA) is 219 Å². The molecule has 2 aliphatic heterocycles. The van der Waals surface area contributed by atoms with Crippen molar-refractivity contribution in [3.8, 4) is 0 Å². The Kier molecular flexibility index (Phi) is 12.0. The van der Waals surface area contributed by atoms with Crippen LogP contribution in [0.3, 0.4) is 0 Å². The lowest BCUT2D eigenvalue weighted by atomic mass is 9.97. The summed E-state index contributed by atoms with van der Waals surface area (Å²) in [6.07, 6.45) is -12.1. The van der Waals surface area contributed by atoms with Gasteiger partial charge in [-0.2, -0.15) is 0 Å². The number of unbranched alkanes of at least 4 members (excludes halogenated alkanes) is 3. The lowest BCUT2D eigenvalue weighted by Gasteiger charge is -2.46. The molecule has 0 amide bonds. The minimum atomic E-state index is -1.74. The van der Waals surface area contributed by atoms with Gasteiger partial charge in [0.05, 0.1) is 19.3 Å². The van der Waals surface area contributed by atoms with Crippen LogP contribution in [0.25, 0.3) is 0 Å². The van der Waals surface area contributed by atoms with Crippen molar-refractivity contribution >= 4 is 5.97 Å². The van der Waals surface area contributed by atoms with Crippen LogP contribution in [0.2, 0.25) is 0 Å². The molecule has 2 heterocycles. The van der Waals surface area contributed by atoms with Gasteiger partial charge in [0.25, 0.3) is 0 Å². The highest BCUT2D eigenvalue weighted by Crippen LogP contribution is 2.30. The van der Waals surface area contributed by atoms with Crippen LogP contribution < -0.4 is 5.11 Å². The van der Waals surface area contributed by atoms with Gasteiger partial charge < -0.3 is 64.6 Å². The number of carbonyl (C=O) groups excluding carboxylic acids is 1. The van der Waals surface area contributed by atoms with E-state index in [0.717, 1.165) is 6.42 Å². The Morgan fingerprint density at radius 2 is 1.38 bits per heavy atom. The maximum atomic E-state index is 10.6. The van der Waals surface area contributed by atoms with Gasteiger partial charge in [0.1, 0.15) is 48.8 Å². The highest BCUT2D eigenvalue weighted by atomic mass is 16.8. The highest BCUT2D eigenvalue weighted by molar-refractivity contribution is 5.64. The molecule has 200 valence electrons. The van der Waals surface area contributed by atoms with Crippen LogP contribution in [0, 0.1) is 0 Å². The standard InChI is InChI=1S/C21H38O13/c1-10(6-4-2-3-5-7-13(24)25)31-21-19(17(29)15(27)12(9-23)33-21)34-20-18(30)16(28)14(26)11(8-22)32-20/h10-12,14-23,26-30H,2-9H2,1H3,(H,24,25)/p-1. The van der Waals surface area contributed by atoms with Gasteiger partial charge in [-0.05, 0) is 26.2 Å². The monoisotopic (exact) mass is 497 g/mol.